The number of carbonyl (C=O) groups is 2. The average molecular weight is 515 g/mol. The summed E-state index contributed by atoms with van der Waals surface area (Å²) in [5.41, 5.74) is 0.938. The quantitative estimate of drug-likeness (QED) is 0.412. The van der Waals surface area contributed by atoms with Gasteiger partial charge in [-0.25, -0.2) is 0 Å². The molecule has 1 spiro atoms. The molecule has 3 aliphatic carbocycles. The number of hydrogen-bond acceptors (Lipinski definition) is 4. The highest BCUT2D eigenvalue weighted by Crippen LogP contribution is 2.72. The van der Waals surface area contributed by atoms with E-state index in [0.717, 1.165) is 68.6 Å². The normalized spacial score (nSPS) is 30.0. The summed E-state index contributed by atoms with van der Waals surface area (Å²) in [6.07, 6.45) is 8.77. The SMILES string of the molecule is CN1CCN(CCCCNC(=O)[C@H]2C(C(=O)Nc3ccc(Br)cc3)[C@@H]3C=C[C@H]2C32CC2)CC1. The van der Waals surface area contributed by atoms with E-state index in [0.29, 0.717) is 6.54 Å². The number of unbranched alkanes of at least 4 members (excludes halogenated alkanes) is 1. The minimum atomic E-state index is -0.281. The van der Waals surface area contributed by atoms with Crippen LogP contribution < -0.4 is 10.6 Å². The van der Waals surface area contributed by atoms with Crippen LogP contribution in [0.25, 0.3) is 0 Å². The van der Waals surface area contributed by atoms with Crippen LogP contribution in [0.15, 0.2) is 40.9 Å². The number of halogens is 1. The third-order valence-corrected chi connectivity index (χ3v) is 8.88. The minimum absolute atomic E-state index is 0.0179. The van der Waals surface area contributed by atoms with Crippen molar-refractivity contribution in [1.29, 1.82) is 0 Å². The molecule has 4 atom stereocenters. The van der Waals surface area contributed by atoms with Crippen molar-refractivity contribution in [2.24, 2.45) is 29.1 Å². The van der Waals surface area contributed by atoms with Gasteiger partial charge in [0.25, 0.3) is 0 Å². The fourth-order valence-electron chi connectivity index (χ4n) is 6.33. The molecule has 0 aromatic heterocycles. The zero-order valence-corrected chi connectivity index (χ0v) is 21.0. The molecule has 3 fully saturated rings. The van der Waals surface area contributed by atoms with E-state index in [1.807, 2.05) is 24.3 Å². The number of nitrogens with zero attached hydrogens (tertiary/aromatic N) is 2. The highest BCUT2D eigenvalue weighted by atomic mass is 79.9. The minimum Gasteiger partial charge on any atom is -0.356 e. The maximum atomic E-state index is 13.3. The van der Waals surface area contributed by atoms with E-state index < -0.39 is 0 Å². The summed E-state index contributed by atoms with van der Waals surface area (Å²) in [5.74, 6) is -0.101. The Balaban J connectivity index is 1.16. The van der Waals surface area contributed by atoms with Crippen LogP contribution in [0.5, 0.6) is 0 Å². The molecule has 2 amide bonds. The Labute approximate surface area is 205 Å². The number of likely N-dealkylation sites (N-methyl/N-ethyl adjacent to an activating group) is 1. The topological polar surface area (TPSA) is 64.7 Å². The molecule has 1 heterocycles. The van der Waals surface area contributed by atoms with E-state index in [4.69, 9.17) is 0 Å². The number of anilines is 1. The van der Waals surface area contributed by atoms with Gasteiger partial charge in [0, 0.05) is 42.9 Å². The third kappa shape index (κ3) is 4.64. The van der Waals surface area contributed by atoms with Crippen molar-refractivity contribution in [3.63, 3.8) is 0 Å². The van der Waals surface area contributed by atoms with Crippen molar-refractivity contribution < 1.29 is 9.59 Å². The zero-order chi connectivity index (χ0) is 23.0. The van der Waals surface area contributed by atoms with E-state index in [9.17, 15) is 9.59 Å². The summed E-state index contributed by atoms with van der Waals surface area (Å²) >= 11 is 3.44. The second-order valence-electron chi connectivity index (χ2n) is 10.4. The lowest BCUT2D eigenvalue weighted by Crippen LogP contribution is -2.45. The van der Waals surface area contributed by atoms with Crippen LogP contribution in [0.4, 0.5) is 5.69 Å². The standard InChI is InChI=1S/C26H35BrN4O2/c1-30-14-16-31(17-15-30)13-3-2-12-28-24(32)22-20-8-9-21(26(20)10-11-26)23(22)25(33)29-19-6-4-18(27)5-7-19/h4-9,20-23H,2-3,10-17H2,1H3,(H,28,32)(H,29,33)/t20-,21+,22-,23?/m1/s1. The Bertz CT molecular complexity index is 905. The lowest BCUT2D eigenvalue weighted by atomic mass is 9.81. The molecule has 2 bridgehead atoms. The Hall–Kier alpha value is -1.70. The van der Waals surface area contributed by atoms with Gasteiger partial charge in [0.2, 0.25) is 11.8 Å². The monoisotopic (exact) mass is 514 g/mol. The zero-order valence-electron chi connectivity index (χ0n) is 19.4. The van der Waals surface area contributed by atoms with E-state index in [-0.39, 0.29) is 40.9 Å². The van der Waals surface area contributed by atoms with Gasteiger partial charge in [0.15, 0.2) is 0 Å². The van der Waals surface area contributed by atoms with Crippen LogP contribution in [-0.4, -0.2) is 67.9 Å². The second kappa shape index (κ2) is 9.51. The number of carbonyl (C=O) groups excluding carboxylic acids is 2. The highest BCUT2D eigenvalue weighted by Gasteiger charge is 2.69. The number of hydrogen-bond donors (Lipinski definition) is 2. The molecule has 4 aliphatic rings. The van der Waals surface area contributed by atoms with E-state index in [2.05, 4.69) is 55.6 Å². The average Bonchev–Trinajstić information content (AvgIpc) is 3.48. The smallest absolute Gasteiger partial charge is 0.228 e. The van der Waals surface area contributed by atoms with Gasteiger partial charge in [0.05, 0.1) is 11.8 Å². The molecule has 5 rings (SSSR count). The first kappa shape index (κ1) is 23.1. The molecule has 1 saturated heterocycles. The van der Waals surface area contributed by atoms with Crippen LogP contribution in [0.1, 0.15) is 25.7 Å². The molecular formula is C26H35BrN4O2. The first-order valence-electron chi connectivity index (χ1n) is 12.4. The van der Waals surface area contributed by atoms with Gasteiger partial charge in [-0.15, -0.1) is 0 Å². The van der Waals surface area contributed by atoms with Crippen molar-refractivity contribution in [3.05, 3.63) is 40.9 Å². The summed E-state index contributed by atoms with van der Waals surface area (Å²) in [6.45, 7) is 6.34. The fraction of sp³-hybridized carbons (Fsp3) is 0.615. The number of piperazine rings is 1. The molecule has 1 aliphatic heterocycles. The molecule has 1 unspecified atom stereocenters. The van der Waals surface area contributed by atoms with Gasteiger partial charge in [-0.05, 0) is 80.8 Å². The number of allylic oxidation sites excluding steroid dienone is 2. The van der Waals surface area contributed by atoms with Gasteiger partial charge in [-0.3, -0.25) is 9.59 Å². The van der Waals surface area contributed by atoms with Crippen LogP contribution in [0, 0.1) is 29.1 Å². The summed E-state index contributed by atoms with van der Waals surface area (Å²) in [7, 11) is 2.18. The predicted octanol–water partition coefficient (Wildman–Crippen LogP) is 3.36. The van der Waals surface area contributed by atoms with Crippen molar-refractivity contribution in [2.75, 3.05) is 51.6 Å². The number of amides is 2. The lowest BCUT2D eigenvalue weighted by Gasteiger charge is -2.32. The van der Waals surface area contributed by atoms with Gasteiger partial charge < -0.3 is 20.4 Å². The Morgan fingerprint density at radius 3 is 2.24 bits per heavy atom. The first-order chi connectivity index (χ1) is 16.0. The third-order valence-electron chi connectivity index (χ3n) is 8.36. The first-order valence-corrected chi connectivity index (χ1v) is 13.2. The summed E-state index contributed by atoms with van der Waals surface area (Å²) in [5, 5.41) is 6.27. The van der Waals surface area contributed by atoms with E-state index in [1.165, 1.54) is 0 Å². The van der Waals surface area contributed by atoms with E-state index >= 15 is 0 Å². The largest absolute Gasteiger partial charge is 0.356 e. The molecule has 7 heteroatoms. The van der Waals surface area contributed by atoms with Crippen molar-refractivity contribution in [1.82, 2.24) is 15.1 Å². The molecule has 0 radical (unpaired) electrons. The van der Waals surface area contributed by atoms with Crippen molar-refractivity contribution >= 4 is 33.4 Å². The summed E-state index contributed by atoms with van der Waals surface area (Å²) in [6, 6.07) is 7.64. The molecule has 33 heavy (non-hydrogen) atoms. The molecule has 1 aromatic rings. The maximum absolute atomic E-state index is 13.3. The summed E-state index contributed by atoms with van der Waals surface area (Å²) in [4.78, 5) is 31.6. The molecule has 178 valence electrons. The van der Waals surface area contributed by atoms with Gasteiger partial charge in [-0.1, -0.05) is 28.1 Å². The number of benzene rings is 1. The van der Waals surface area contributed by atoms with Crippen LogP contribution in [0.3, 0.4) is 0 Å². The van der Waals surface area contributed by atoms with Crippen molar-refractivity contribution in [3.8, 4) is 0 Å². The Kier molecular flexibility index (Phi) is 6.65. The fourth-order valence-corrected chi connectivity index (χ4v) is 6.59. The predicted molar refractivity (Wildman–Crippen MR) is 134 cm³/mol. The van der Waals surface area contributed by atoms with Gasteiger partial charge >= 0.3 is 0 Å². The Morgan fingerprint density at radius 1 is 0.970 bits per heavy atom. The molecule has 2 N–H and O–H groups in total. The lowest BCUT2D eigenvalue weighted by molar-refractivity contribution is -0.132. The molecule has 2 saturated carbocycles. The van der Waals surface area contributed by atoms with Crippen LogP contribution in [0.2, 0.25) is 0 Å². The number of nitrogens with one attached hydrogen (secondary N) is 2. The second-order valence-corrected chi connectivity index (χ2v) is 11.3. The summed E-state index contributed by atoms with van der Waals surface area (Å²) < 4.78 is 0.977. The number of rotatable bonds is 8. The Morgan fingerprint density at radius 2 is 1.61 bits per heavy atom. The van der Waals surface area contributed by atoms with Gasteiger partial charge in [0.1, 0.15) is 0 Å². The van der Waals surface area contributed by atoms with Crippen molar-refractivity contribution in [2.45, 2.75) is 25.7 Å². The van der Waals surface area contributed by atoms with Crippen LogP contribution in [-0.2, 0) is 9.59 Å². The molecule has 6 nitrogen and oxygen atoms in total. The van der Waals surface area contributed by atoms with Crippen LogP contribution >= 0.6 is 15.9 Å². The maximum Gasteiger partial charge on any atom is 0.228 e. The van der Waals surface area contributed by atoms with Gasteiger partial charge in [-0.2, -0.15) is 0 Å². The molecule has 1 aromatic carbocycles. The molecular weight excluding hydrogens is 480 g/mol. The van der Waals surface area contributed by atoms with E-state index in [1.54, 1.807) is 0 Å². The highest BCUT2D eigenvalue weighted by molar-refractivity contribution is 9.10.